The van der Waals surface area contributed by atoms with Gasteiger partial charge in [0.2, 0.25) is 5.92 Å². The number of carbonyl (C=O) groups excluding carboxylic acids is 2. The predicted molar refractivity (Wildman–Crippen MR) is 99.7 cm³/mol. The fraction of sp³-hybridized carbons (Fsp3) is 0.842. The SMILES string of the molecule is CC(C)C1CCN(C(=O)OC(C)(C)C)C(C(=O)ON=C(N)C2CC(F)(F)C2)C1. The molecule has 9 heteroatoms. The maximum absolute atomic E-state index is 13.0. The molecule has 1 saturated heterocycles. The summed E-state index contributed by atoms with van der Waals surface area (Å²) in [5, 5.41) is 3.56. The Labute approximate surface area is 164 Å². The molecule has 2 aliphatic rings. The molecular weight excluding hydrogens is 372 g/mol. The lowest BCUT2D eigenvalue weighted by Crippen LogP contribution is -2.52. The van der Waals surface area contributed by atoms with Crippen LogP contribution in [-0.4, -0.2) is 46.9 Å². The molecule has 1 saturated carbocycles. The van der Waals surface area contributed by atoms with Crippen LogP contribution < -0.4 is 5.73 Å². The number of halogens is 2. The Bertz CT molecular complexity index is 623. The van der Waals surface area contributed by atoms with E-state index in [9.17, 15) is 18.4 Å². The van der Waals surface area contributed by atoms with Gasteiger partial charge in [-0.15, -0.1) is 0 Å². The van der Waals surface area contributed by atoms with Crippen molar-refractivity contribution in [3.05, 3.63) is 0 Å². The molecule has 0 bridgehead atoms. The Morgan fingerprint density at radius 3 is 2.36 bits per heavy atom. The highest BCUT2D eigenvalue weighted by molar-refractivity contribution is 5.86. The summed E-state index contributed by atoms with van der Waals surface area (Å²) >= 11 is 0. The van der Waals surface area contributed by atoms with E-state index in [4.69, 9.17) is 15.3 Å². The molecule has 0 aromatic rings. The van der Waals surface area contributed by atoms with Gasteiger partial charge in [0.1, 0.15) is 17.5 Å². The van der Waals surface area contributed by atoms with Gasteiger partial charge in [-0.1, -0.05) is 19.0 Å². The number of hydrogen-bond donors (Lipinski definition) is 1. The van der Waals surface area contributed by atoms with Crippen molar-refractivity contribution in [2.75, 3.05) is 6.54 Å². The van der Waals surface area contributed by atoms with Crippen LogP contribution in [0.25, 0.3) is 0 Å². The number of carbonyl (C=O) groups is 2. The minimum Gasteiger partial charge on any atom is -0.444 e. The van der Waals surface area contributed by atoms with Crippen molar-refractivity contribution in [2.45, 2.75) is 77.9 Å². The molecule has 2 fully saturated rings. The van der Waals surface area contributed by atoms with Crippen LogP contribution in [0.5, 0.6) is 0 Å². The van der Waals surface area contributed by atoms with E-state index in [2.05, 4.69) is 19.0 Å². The lowest BCUT2D eigenvalue weighted by atomic mass is 9.81. The van der Waals surface area contributed by atoms with Gasteiger partial charge in [0, 0.05) is 25.3 Å². The number of hydrogen-bond acceptors (Lipinski definition) is 5. The molecule has 0 spiro atoms. The van der Waals surface area contributed by atoms with Gasteiger partial charge >= 0.3 is 12.1 Å². The van der Waals surface area contributed by atoms with Crippen LogP contribution in [0.3, 0.4) is 0 Å². The van der Waals surface area contributed by atoms with Crippen molar-refractivity contribution >= 4 is 17.9 Å². The Hall–Kier alpha value is -1.93. The lowest BCUT2D eigenvalue weighted by molar-refractivity contribution is -0.152. The van der Waals surface area contributed by atoms with E-state index >= 15 is 0 Å². The van der Waals surface area contributed by atoms with Crippen molar-refractivity contribution in [1.29, 1.82) is 0 Å². The molecule has 7 nitrogen and oxygen atoms in total. The van der Waals surface area contributed by atoms with Crippen LogP contribution in [0.1, 0.15) is 60.3 Å². The van der Waals surface area contributed by atoms with E-state index < -0.39 is 48.4 Å². The van der Waals surface area contributed by atoms with E-state index in [0.717, 1.165) is 6.42 Å². The minimum absolute atomic E-state index is 0.126. The smallest absolute Gasteiger partial charge is 0.411 e. The molecule has 2 rings (SSSR count). The fourth-order valence-electron chi connectivity index (χ4n) is 3.46. The maximum Gasteiger partial charge on any atom is 0.411 e. The number of amides is 1. The van der Waals surface area contributed by atoms with Crippen molar-refractivity contribution in [2.24, 2.45) is 28.6 Å². The number of rotatable bonds is 4. The number of nitrogens with zero attached hydrogens (tertiary/aromatic N) is 2. The third kappa shape index (κ3) is 5.78. The maximum atomic E-state index is 13.0. The van der Waals surface area contributed by atoms with Crippen LogP contribution >= 0.6 is 0 Å². The number of amidine groups is 1. The third-order valence-electron chi connectivity index (χ3n) is 5.24. The number of likely N-dealkylation sites (tertiary alicyclic amines) is 1. The van der Waals surface area contributed by atoms with E-state index in [0.29, 0.717) is 18.9 Å². The first kappa shape index (κ1) is 22.4. The lowest BCUT2D eigenvalue weighted by Gasteiger charge is -2.39. The molecule has 1 aliphatic heterocycles. The topological polar surface area (TPSA) is 94.2 Å². The summed E-state index contributed by atoms with van der Waals surface area (Å²) in [4.78, 5) is 31.4. The summed E-state index contributed by atoms with van der Waals surface area (Å²) < 4.78 is 31.3. The van der Waals surface area contributed by atoms with Crippen molar-refractivity contribution in [1.82, 2.24) is 4.90 Å². The first-order chi connectivity index (χ1) is 12.8. The number of alkyl halides is 2. The Morgan fingerprint density at radius 2 is 1.86 bits per heavy atom. The van der Waals surface area contributed by atoms with Crippen LogP contribution in [0, 0.1) is 17.8 Å². The summed E-state index contributed by atoms with van der Waals surface area (Å²) in [6, 6.07) is -0.851. The molecule has 160 valence electrons. The van der Waals surface area contributed by atoms with Gasteiger partial charge in [0.15, 0.2) is 0 Å². The van der Waals surface area contributed by atoms with Crippen LogP contribution in [0.4, 0.5) is 13.6 Å². The van der Waals surface area contributed by atoms with E-state index in [1.54, 1.807) is 20.8 Å². The van der Waals surface area contributed by atoms with Crippen molar-refractivity contribution in [3.8, 4) is 0 Å². The molecule has 1 amide bonds. The zero-order valence-corrected chi connectivity index (χ0v) is 17.2. The second-order valence-corrected chi connectivity index (χ2v) is 9.11. The second kappa shape index (κ2) is 8.21. The van der Waals surface area contributed by atoms with E-state index in [1.807, 2.05) is 0 Å². The Kier molecular flexibility index (Phi) is 6.55. The molecule has 0 aromatic carbocycles. The van der Waals surface area contributed by atoms with Crippen LogP contribution in [0.2, 0.25) is 0 Å². The molecule has 2 N–H and O–H groups in total. The van der Waals surface area contributed by atoms with E-state index in [-0.39, 0.29) is 11.8 Å². The van der Waals surface area contributed by atoms with Gasteiger partial charge in [-0.2, -0.15) is 0 Å². The molecule has 1 heterocycles. The van der Waals surface area contributed by atoms with Crippen molar-refractivity contribution < 1.29 is 27.9 Å². The average molecular weight is 403 g/mol. The zero-order chi connectivity index (χ0) is 21.3. The van der Waals surface area contributed by atoms with Gasteiger partial charge in [0.05, 0.1) is 0 Å². The highest BCUT2D eigenvalue weighted by Gasteiger charge is 2.47. The van der Waals surface area contributed by atoms with Crippen molar-refractivity contribution in [3.63, 3.8) is 0 Å². The monoisotopic (exact) mass is 403 g/mol. The number of piperidine rings is 1. The van der Waals surface area contributed by atoms with Gasteiger partial charge in [0.25, 0.3) is 0 Å². The molecule has 1 aliphatic carbocycles. The normalized spacial score (nSPS) is 26.0. The number of oxime groups is 1. The number of ether oxygens (including phenoxy) is 1. The zero-order valence-electron chi connectivity index (χ0n) is 17.2. The second-order valence-electron chi connectivity index (χ2n) is 9.11. The molecule has 2 unspecified atom stereocenters. The predicted octanol–water partition coefficient (Wildman–Crippen LogP) is 3.52. The summed E-state index contributed by atoms with van der Waals surface area (Å²) in [5.74, 6) is -3.62. The first-order valence-electron chi connectivity index (χ1n) is 9.71. The average Bonchev–Trinajstić information content (AvgIpc) is 2.54. The van der Waals surface area contributed by atoms with Crippen LogP contribution in [0.15, 0.2) is 5.16 Å². The first-order valence-corrected chi connectivity index (χ1v) is 9.71. The summed E-state index contributed by atoms with van der Waals surface area (Å²) in [5.41, 5.74) is 4.97. The third-order valence-corrected chi connectivity index (χ3v) is 5.24. The summed E-state index contributed by atoms with van der Waals surface area (Å²) in [6.07, 6.45) is -0.214. The standard InChI is InChI=1S/C19H31F2N3O4/c1-11(2)12-6-7-24(17(26)27-18(3,4)5)14(8-12)16(25)28-23-15(22)13-9-19(20,21)10-13/h11-14H,6-10H2,1-5H3,(H2,22,23). The Morgan fingerprint density at radius 1 is 1.25 bits per heavy atom. The van der Waals surface area contributed by atoms with Gasteiger partial charge in [-0.3, -0.25) is 4.90 Å². The molecule has 0 radical (unpaired) electrons. The van der Waals surface area contributed by atoms with Gasteiger partial charge in [-0.05, 0) is 45.4 Å². The van der Waals surface area contributed by atoms with Crippen LogP contribution in [-0.2, 0) is 14.4 Å². The van der Waals surface area contributed by atoms with E-state index in [1.165, 1.54) is 4.90 Å². The molecule has 28 heavy (non-hydrogen) atoms. The molecule has 2 atom stereocenters. The molecule has 0 aromatic heterocycles. The van der Waals surface area contributed by atoms with Gasteiger partial charge < -0.3 is 15.3 Å². The quantitative estimate of drug-likeness (QED) is 0.335. The largest absolute Gasteiger partial charge is 0.444 e. The Balaban J connectivity index is 2.06. The molecular formula is C19H31F2N3O4. The highest BCUT2D eigenvalue weighted by Crippen LogP contribution is 2.42. The number of nitrogens with two attached hydrogens (primary N) is 1. The minimum atomic E-state index is -2.74. The van der Waals surface area contributed by atoms with Gasteiger partial charge in [-0.25, -0.2) is 18.4 Å². The summed E-state index contributed by atoms with van der Waals surface area (Å²) in [7, 11) is 0. The fourth-order valence-corrected chi connectivity index (χ4v) is 3.46. The summed E-state index contributed by atoms with van der Waals surface area (Å²) in [6.45, 7) is 9.73. The highest BCUT2D eigenvalue weighted by atomic mass is 19.3.